The molecule has 1 aliphatic carbocycles. The first-order valence-electron chi connectivity index (χ1n) is 6.84. The van der Waals surface area contributed by atoms with E-state index in [1.165, 1.54) is 0 Å². The molecule has 0 saturated carbocycles. The van der Waals surface area contributed by atoms with E-state index < -0.39 is 6.29 Å². The van der Waals surface area contributed by atoms with Crippen molar-refractivity contribution >= 4 is 0 Å². The first kappa shape index (κ1) is 14.6. The molecule has 0 fully saturated rings. The maximum atomic E-state index is 9.15. The second kappa shape index (κ2) is 7.12. The summed E-state index contributed by atoms with van der Waals surface area (Å²) in [5.74, 6) is 0.884. The highest BCUT2D eigenvalue weighted by Gasteiger charge is 2.11. The van der Waals surface area contributed by atoms with Crippen LogP contribution in [0.5, 0.6) is 5.75 Å². The number of aryl methyl sites for hydroxylation is 1. The van der Waals surface area contributed by atoms with E-state index in [0.29, 0.717) is 6.61 Å². The van der Waals surface area contributed by atoms with Gasteiger partial charge in [-0.15, -0.1) is 0 Å². The van der Waals surface area contributed by atoms with E-state index in [2.05, 4.69) is 17.6 Å². The number of aliphatic hydroxyl groups excluding tert-OH is 1. The molecular formula is C16H21NO3. The molecule has 2 N–H and O–H groups in total. The summed E-state index contributed by atoms with van der Waals surface area (Å²) in [5, 5.41) is 9.15. The minimum atomic E-state index is -0.851. The first-order valence-corrected chi connectivity index (χ1v) is 6.84. The molecule has 0 bridgehead atoms. The maximum absolute atomic E-state index is 9.15. The third-order valence-electron chi connectivity index (χ3n) is 3.07. The minimum Gasteiger partial charge on any atom is -0.489 e. The summed E-state index contributed by atoms with van der Waals surface area (Å²) >= 11 is 0. The van der Waals surface area contributed by atoms with Gasteiger partial charge in [-0.1, -0.05) is 30.4 Å². The molecule has 1 aromatic rings. The number of ether oxygens (including phenoxy) is 1. The fourth-order valence-corrected chi connectivity index (χ4v) is 1.99. The number of hydroxylamine groups is 1. The Balaban J connectivity index is 1.95. The van der Waals surface area contributed by atoms with Gasteiger partial charge in [-0.2, -0.15) is 0 Å². The molecule has 4 heteroatoms. The van der Waals surface area contributed by atoms with Gasteiger partial charge in [-0.3, -0.25) is 5.48 Å². The average Bonchev–Trinajstić information content (AvgIpc) is 2.45. The number of aliphatic hydroxyl groups is 1. The molecule has 0 saturated heterocycles. The zero-order valence-corrected chi connectivity index (χ0v) is 11.9. The maximum Gasteiger partial charge on any atom is 0.178 e. The SMILES string of the molecule is Cc1ccccc1OCC1=CCCC=C1NOC(C)O. The van der Waals surface area contributed by atoms with Crippen LogP contribution in [0.3, 0.4) is 0 Å². The van der Waals surface area contributed by atoms with E-state index in [9.17, 15) is 0 Å². The number of hydrogen-bond acceptors (Lipinski definition) is 4. The molecular weight excluding hydrogens is 254 g/mol. The molecule has 1 atom stereocenters. The van der Waals surface area contributed by atoms with Gasteiger partial charge in [0.2, 0.25) is 0 Å². The molecule has 0 spiro atoms. The van der Waals surface area contributed by atoms with E-state index in [-0.39, 0.29) is 0 Å². The molecule has 0 aromatic heterocycles. The van der Waals surface area contributed by atoms with Gasteiger partial charge in [-0.25, -0.2) is 4.84 Å². The summed E-state index contributed by atoms with van der Waals surface area (Å²) in [6, 6.07) is 7.94. The Labute approximate surface area is 119 Å². The lowest BCUT2D eigenvalue weighted by Crippen LogP contribution is -2.24. The van der Waals surface area contributed by atoms with Gasteiger partial charge in [0, 0.05) is 5.57 Å². The molecule has 4 nitrogen and oxygen atoms in total. The van der Waals surface area contributed by atoms with Gasteiger partial charge < -0.3 is 9.84 Å². The Hall–Kier alpha value is -1.78. The van der Waals surface area contributed by atoms with Crippen LogP contribution in [-0.4, -0.2) is 18.0 Å². The second-order valence-electron chi connectivity index (χ2n) is 4.80. The number of nitrogens with one attached hydrogen (secondary N) is 1. The zero-order chi connectivity index (χ0) is 14.4. The Kier molecular flexibility index (Phi) is 5.21. The molecule has 0 heterocycles. The van der Waals surface area contributed by atoms with Crippen molar-refractivity contribution in [2.24, 2.45) is 0 Å². The van der Waals surface area contributed by atoms with Crippen LogP contribution >= 0.6 is 0 Å². The van der Waals surface area contributed by atoms with E-state index in [4.69, 9.17) is 14.7 Å². The lowest BCUT2D eigenvalue weighted by molar-refractivity contribution is -0.123. The van der Waals surface area contributed by atoms with Crippen LogP contribution in [0.15, 0.2) is 47.7 Å². The molecule has 0 radical (unpaired) electrons. The van der Waals surface area contributed by atoms with Crippen LogP contribution in [0.2, 0.25) is 0 Å². The predicted octanol–water partition coefficient (Wildman–Crippen LogP) is 2.84. The summed E-state index contributed by atoms with van der Waals surface area (Å²) < 4.78 is 5.85. The van der Waals surface area contributed by atoms with Crippen molar-refractivity contribution in [3.63, 3.8) is 0 Å². The van der Waals surface area contributed by atoms with Crippen LogP contribution < -0.4 is 10.2 Å². The standard InChI is InChI=1S/C16H21NO3/c1-12-7-3-6-10-16(12)19-11-14-8-4-5-9-15(14)17-20-13(2)18/h3,6-10,13,17-18H,4-5,11H2,1-2H3. The number of hydrogen-bond donors (Lipinski definition) is 2. The highest BCUT2D eigenvalue weighted by Crippen LogP contribution is 2.21. The van der Waals surface area contributed by atoms with E-state index in [1.54, 1.807) is 6.92 Å². The van der Waals surface area contributed by atoms with Gasteiger partial charge in [0.05, 0.1) is 5.70 Å². The Morgan fingerprint density at radius 3 is 2.75 bits per heavy atom. The molecule has 1 unspecified atom stereocenters. The van der Waals surface area contributed by atoms with Crippen molar-refractivity contribution in [2.45, 2.75) is 33.0 Å². The van der Waals surface area contributed by atoms with Crippen LogP contribution in [0.25, 0.3) is 0 Å². The quantitative estimate of drug-likeness (QED) is 0.619. The molecule has 20 heavy (non-hydrogen) atoms. The summed E-state index contributed by atoms with van der Waals surface area (Å²) in [7, 11) is 0. The van der Waals surface area contributed by atoms with Gasteiger partial charge in [0.1, 0.15) is 12.4 Å². The lowest BCUT2D eigenvalue weighted by Gasteiger charge is -2.19. The highest BCUT2D eigenvalue weighted by atomic mass is 16.7. The molecule has 2 rings (SSSR count). The number of rotatable bonds is 6. The lowest BCUT2D eigenvalue weighted by atomic mass is 10.0. The van der Waals surface area contributed by atoms with E-state index in [0.717, 1.165) is 35.4 Å². The van der Waals surface area contributed by atoms with Crippen LogP contribution in [-0.2, 0) is 4.84 Å². The summed E-state index contributed by atoms with van der Waals surface area (Å²) in [4.78, 5) is 5.03. The smallest absolute Gasteiger partial charge is 0.178 e. The van der Waals surface area contributed by atoms with Gasteiger partial charge >= 0.3 is 0 Å². The summed E-state index contributed by atoms with van der Waals surface area (Å²) in [6.07, 6.45) is 5.28. The van der Waals surface area contributed by atoms with E-state index in [1.807, 2.05) is 31.2 Å². The summed E-state index contributed by atoms with van der Waals surface area (Å²) in [5.41, 5.74) is 5.81. The Morgan fingerprint density at radius 2 is 2.00 bits per heavy atom. The molecule has 1 aliphatic rings. The minimum absolute atomic E-state index is 0.479. The van der Waals surface area contributed by atoms with Crippen LogP contribution in [0, 0.1) is 6.92 Å². The first-order chi connectivity index (χ1) is 9.66. The number of benzene rings is 1. The molecule has 0 amide bonds. The van der Waals surface area contributed by atoms with Crippen molar-refractivity contribution in [3.8, 4) is 5.75 Å². The van der Waals surface area contributed by atoms with Crippen LogP contribution in [0.4, 0.5) is 0 Å². The van der Waals surface area contributed by atoms with Crippen molar-refractivity contribution in [3.05, 3.63) is 53.3 Å². The molecule has 1 aromatic carbocycles. The van der Waals surface area contributed by atoms with Gasteiger partial charge in [0.25, 0.3) is 0 Å². The molecule has 0 aliphatic heterocycles. The summed E-state index contributed by atoms with van der Waals surface area (Å²) in [6.45, 7) is 4.06. The largest absolute Gasteiger partial charge is 0.489 e. The van der Waals surface area contributed by atoms with Crippen molar-refractivity contribution < 1.29 is 14.7 Å². The zero-order valence-electron chi connectivity index (χ0n) is 11.9. The Morgan fingerprint density at radius 1 is 1.25 bits per heavy atom. The number of allylic oxidation sites excluding steroid dienone is 2. The number of para-hydroxylation sites is 1. The fourth-order valence-electron chi connectivity index (χ4n) is 1.99. The van der Waals surface area contributed by atoms with Gasteiger partial charge in [0.15, 0.2) is 6.29 Å². The van der Waals surface area contributed by atoms with Crippen molar-refractivity contribution in [1.29, 1.82) is 0 Å². The van der Waals surface area contributed by atoms with E-state index >= 15 is 0 Å². The third-order valence-corrected chi connectivity index (χ3v) is 3.07. The third kappa shape index (κ3) is 4.11. The normalized spacial score (nSPS) is 16.1. The fraction of sp³-hybridized carbons (Fsp3) is 0.375. The van der Waals surface area contributed by atoms with Crippen molar-refractivity contribution in [2.75, 3.05) is 6.61 Å². The predicted molar refractivity (Wildman–Crippen MR) is 78.0 cm³/mol. The topological polar surface area (TPSA) is 50.7 Å². The van der Waals surface area contributed by atoms with Gasteiger partial charge in [-0.05, 0) is 38.3 Å². The van der Waals surface area contributed by atoms with Crippen LogP contribution in [0.1, 0.15) is 25.3 Å². The average molecular weight is 275 g/mol. The Bertz CT molecular complexity index is 506. The highest BCUT2D eigenvalue weighted by molar-refractivity contribution is 5.35. The van der Waals surface area contributed by atoms with Crippen molar-refractivity contribution in [1.82, 2.24) is 5.48 Å². The molecule has 108 valence electrons. The second-order valence-corrected chi connectivity index (χ2v) is 4.80. The monoisotopic (exact) mass is 275 g/mol.